The molecule has 0 bridgehead atoms. The Morgan fingerprint density at radius 3 is 2.43 bits per heavy atom. The fourth-order valence-electron chi connectivity index (χ4n) is 3.27. The van der Waals surface area contributed by atoms with Crippen LogP contribution in [0.1, 0.15) is 62.2 Å². The third-order valence-corrected chi connectivity index (χ3v) is 6.35. The van der Waals surface area contributed by atoms with Crippen LogP contribution in [0.15, 0.2) is 36.5 Å². The predicted octanol–water partition coefficient (Wildman–Crippen LogP) is 1.21. The second-order valence-corrected chi connectivity index (χ2v) is 8.14. The zero-order valence-electron chi connectivity index (χ0n) is 16.2. The highest BCUT2D eigenvalue weighted by Crippen LogP contribution is 2.51. The van der Waals surface area contributed by atoms with Gasteiger partial charge in [0.05, 0.1) is 12.3 Å². The molecule has 10 heteroatoms. The minimum Gasteiger partial charge on any atom is -0.808 e. The highest BCUT2D eigenvalue weighted by atomic mass is 31.2. The summed E-state index contributed by atoms with van der Waals surface area (Å²) in [6.07, 6.45) is 1.15. The van der Waals surface area contributed by atoms with Gasteiger partial charge in [-0.2, -0.15) is 0 Å². The number of hydrogen-bond donors (Lipinski definition) is 1. The molecular weight excluding hydrogens is 383 g/mol. The van der Waals surface area contributed by atoms with Gasteiger partial charge in [0, 0.05) is 12.1 Å². The molecule has 1 aromatic heterocycles. The van der Waals surface area contributed by atoms with Crippen LogP contribution < -0.4 is 9.79 Å². The number of rotatable bonds is 9. The lowest BCUT2D eigenvalue weighted by molar-refractivity contribution is -0.330. The maximum absolute atomic E-state index is 13.1. The third-order valence-electron chi connectivity index (χ3n) is 4.71. The van der Waals surface area contributed by atoms with E-state index in [4.69, 9.17) is 0 Å². The third kappa shape index (κ3) is 4.03. The Bertz CT molecular complexity index is 838. The number of aromatic nitrogens is 3. The number of amides is 1. The Morgan fingerprint density at radius 1 is 1.29 bits per heavy atom. The van der Waals surface area contributed by atoms with Crippen molar-refractivity contribution >= 4 is 13.5 Å². The van der Waals surface area contributed by atoms with Crippen molar-refractivity contribution in [1.29, 1.82) is 0 Å². The lowest BCUT2D eigenvalue weighted by Crippen LogP contribution is -2.57. The van der Waals surface area contributed by atoms with Crippen molar-refractivity contribution in [2.24, 2.45) is 0 Å². The molecule has 0 radical (unpaired) electrons. The Kier molecular flexibility index (Phi) is 7.11. The quantitative estimate of drug-likeness (QED) is 0.616. The number of hydrogen-bond acceptors (Lipinski definition) is 7. The van der Waals surface area contributed by atoms with Crippen molar-refractivity contribution in [3.05, 3.63) is 47.8 Å². The molecule has 9 nitrogen and oxygen atoms in total. The van der Waals surface area contributed by atoms with Crippen LogP contribution in [0.25, 0.3) is 0 Å². The molecule has 0 spiro atoms. The van der Waals surface area contributed by atoms with Crippen LogP contribution in [-0.2, 0) is 9.97 Å². The average molecular weight is 408 g/mol. The summed E-state index contributed by atoms with van der Waals surface area (Å²) in [5.41, 5.74) is 0.401. The Labute approximate surface area is 164 Å². The fourth-order valence-corrected chi connectivity index (χ4v) is 4.53. The van der Waals surface area contributed by atoms with Gasteiger partial charge in [0.2, 0.25) is 0 Å². The normalized spacial score (nSPS) is 15.1. The fraction of sp³-hybridized carbons (Fsp3) is 0.500. The highest BCUT2D eigenvalue weighted by molar-refractivity contribution is 7.49. The van der Waals surface area contributed by atoms with Crippen molar-refractivity contribution in [3.8, 4) is 0 Å². The van der Waals surface area contributed by atoms with Gasteiger partial charge in [-0.05, 0) is 39.5 Å². The predicted molar refractivity (Wildman–Crippen MR) is 98.9 cm³/mol. The molecule has 2 rings (SSSR count). The van der Waals surface area contributed by atoms with Gasteiger partial charge in [0.1, 0.15) is 5.69 Å². The number of nitrogens with zero attached hydrogens (tertiary/aromatic N) is 4. The van der Waals surface area contributed by atoms with E-state index in [1.807, 2.05) is 6.92 Å². The van der Waals surface area contributed by atoms with Gasteiger partial charge in [-0.15, -0.1) is 5.10 Å². The molecule has 1 N–H and O–H groups in total. The van der Waals surface area contributed by atoms with Gasteiger partial charge in [-0.3, -0.25) is 4.79 Å². The van der Waals surface area contributed by atoms with E-state index >= 15 is 0 Å². The maximum Gasteiger partial charge on any atom is 0.256 e. The summed E-state index contributed by atoms with van der Waals surface area (Å²) in [6.45, 7) is 4.92. The number of aliphatic hydroxyl groups is 1. The van der Waals surface area contributed by atoms with Crippen LogP contribution in [0, 0.1) is 0 Å². The summed E-state index contributed by atoms with van der Waals surface area (Å²) in [5, 5.41) is 15.5. The van der Waals surface area contributed by atoms with Crippen molar-refractivity contribution in [2.75, 3.05) is 6.54 Å². The van der Waals surface area contributed by atoms with Crippen molar-refractivity contribution < 1.29 is 24.3 Å². The number of aliphatic hydroxyl groups excluding tert-OH is 1. The topological polar surface area (TPSA) is 134 Å². The molecular formula is C18H25N4O5P-2. The van der Waals surface area contributed by atoms with E-state index in [0.717, 1.165) is 9.58 Å². The summed E-state index contributed by atoms with van der Waals surface area (Å²) in [5.74, 6) is -0.608. The van der Waals surface area contributed by atoms with Crippen LogP contribution in [0.2, 0.25) is 0 Å². The molecule has 0 aliphatic carbocycles. The van der Waals surface area contributed by atoms with Gasteiger partial charge in [-0.1, -0.05) is 43.7 Å². The second kappa shape index (κ2) is 8.96. The molecule has 28 heavy (non-hydrogen) atoms. The summed E-state index contributed by atoms with van der Waals surface area (Å²) in [7, 11) is -5.42. The van der Waals surface area contributed by atoms with Gasteiger partial charge >= 0.3 is 0 Å². The molecule has 0 fully saturated rings. The first-order chi connectivity index (χ1) is 13.2. The first-order valence-electron chi connectivity index (χ1n) is 9.22. The maximum atomic E-state index is 13.1. The van der Waals surface area contributed by atoms with Crippen molar-refractivity contribution in [1.82, 2.24) is 19.9 Å². The molecule has 1 heterocycles. The molecule has 2 atom stereocenters. The molecule has 0 aliphatic heterocycles. The minimum absolute atomic E-state index is 0.0389. The summed E-state index contributed by atoms with van der Waals surface area (Å²) in [6, 6.07) is 8.12. The second-order valence-electron chi connectivity index (χ2n) is 6.43. The van der Waals surface area contributed by atoms with Crippen molar-refractivity contribution in [3.63, 3.8) is 0 Å². The van der Waals surface area contributed by atoms with Gasteiger partial charge < -0.3 is 24.4 Å². The van der Waals surface area contributed by atoms with E-state index in [9.17, 15) is 24.3 Å². The van der Waals surface area contributed by atoms with E-state index in [1.165, 1.54) is 13.1 Å². The summed E-state index contributed by atoms with van der Waals surface area (Å²) < 4.78 is 13.3. The SMILES string of the molecule is CCCC(O)c1cn(C(CC)(N(CC)C(=O)c2ccccc2)P(=O)([O-])[O-])nn1. The molecule has 0 saturated carbocycles. The largest absolute Gasteiger partial charge is 0.808 e. The van der Waals surface area contributed by atoms with E-state index in [1.54, 1.807) is 37.3 Å². The van der Waals surface area contributed by atoms with Gasteiger partial charge in [-0.25, -0.2) is 4.68 Å². The van der Waals surface area contributed by atoms with Crippen LogP contribution in [0.3, 0.4) is 0 Å². The number of benzene rings is 1. The average Bonchev–Trinajstić information content (AvgIpc) is 3.15. The Hall–Kier alpha value is -2.06. The monoisotopic (exact) mass is 408 g/mol. The molecule has 0 saturated heterocycles. The molecule has 1 amide bonds. The highest BCUT2D eigenvalue weighted by Gasteiger charge is 2.44. The minimum atomic E-state index is -5.42. The molecule has 0 aliphatic rings. The molecule has 2 aromatic rings. The molecule has 1 aromatic carbocycles. The van der Waals surface area contributed by atoms with E-state index in [-0.39, 0.29) is 24.2 Å². The number of carbonyl (C=O) groups excluding carboxylic acids is 1. The Morgan fingerprint density at radius 2 is 1.93 bits per heavy atom. The summed E-state index contributed by atoms with van der Waals surface area (Å²) in [4.78, 5) is 39.0. The van der Waals surface area contributed by atoms with Crippen LogP contribution in [0.5, 0.6) is 0 Å². The molecule has 154 valence electrons. The first kappa shape index (κ1) is 22.2. The van der Waals surface area contributed by atoms with Gasteiger partial charge in [0.15, 0.2) is 5.40 Å². The van der Waals surface area contributed by atoms with Crippen LogP contribution >= 0.6 is 7.60 Å². The van der Waals surface area contributed by atoms with Crippen molar-refractivity contribution in [2.45, 2.75) is 51.5 Å². The lowest BCUT2D eigenvalue weighted by atomic mass is 10.1. The Balaban J connectivity index is 2.60. The van der Waals surface area contributed by atoms with E-state index < -0.39 is 25.0 Å². The standard InChI is InChI=1S/C18H27N4O5P/c1-4-10-16(23)15-13-22(20-19-15)18(5-2,28(25,26)27)21(6-3)17(24)14-11-8-7-9-12-14/h7-9,11-13,16,23H,4-6,10H2,1-3H3,(H2,25,26,27)/p-2. The van der Waals surface area contributed by atoms with E-state index in [2.05, 4.69) is 10.3 Å². The zero-order valence-corrected chi connectivity index (χ0v) is 17.1. The number of carbonyl (C=O) groups is 1. The molecule has 2 unspecified atom stereocenters. The van der Waals surface area contributed by atoms with E-state index in [0.29, 0.717) is 12.8 Å². The zero-order chi connectivity index (χ0) is 20.9. The van der Waals surface area contributed by atoms with Crippen LogP contribution in [0.4, 0.5) is 0 Å². The first-order valence-corrected chi connectivity index (χ1v) is 10.8. The van der Waals surface area contributed by atoms with Crippen LogP contribution in [-0.4, -0.2) is 37.5 Å². The summed E-state index contributed by atoms with van der Waals surface area (Å²) >= 11 is 0. The van der Waals surface area contributed by atoms with Gasteiger partial charge in [0.25, 0.3) is 5.91 Å². The smallest absolute Gasteiger partial charge is 0.256 e. The lowest BCUT2D eigenvalue weighted by Gasteiger charge is -2.54.